The van der Waals surface area contributed by atoms with E-state index in [2.05, 4.69) is 66.0 Å². The number of aliphatic hydroxyl groups excluding tert-OH is 1. The summed E-state index contributed by atoms with van der Waals surface area (Å²) >= 11 is 0. The maximum atomic E-state index is 12.7. The average Bonchev–Trinajstić information content (AvgIpc) is 2.98. The molecule has 2 aromatic rings. The van der Waals surface area contributed by atoms with Crippen LogP contribution in [0.3, 0.4) is 0 Å². The maximum absolute atomic E-state index is 12.7. The van der Waals surface area contributed by atoms with E-state index in [0.717, 1.165) is 12.8 Å². The van der Waals surface area contributed by atoms with Crippen molar-refractivity contribution in [3.63, 3.8) is 0 Å². The molecular weight excluding hydrogens is 432 g/mol. The van der Waals surface area contributed by atoms with Gasteiger partial charge in [-0.1, -0.05) is 66.3 Å². The fourth-order valence-electron chi connectivity index (χ4n) is 4.67. The van der Waals surface area contributed by atoms with Crippen molar-refractivity contribution < 1.29 is 14.7 Å². The van der Waals surface area contributed by atoms with Gasteiger partial charge in [0.05, 0.1) is 12.6 Å². The zero-order valence-electron chi connectivity index (χ0n) is 19.0. The summed E-state index contributed by atoms with van der Waals surface area (Å²) in [6.07, 6.45) is 6.84. The number of nitrogens with one attached hydrogen (secondary N) is 1. The van der Waals surface area contributed by atoms with Gasteiger partial charge >= 0.3 is 0 Å². The molecule has 2 aliphatic rings. The van der Waals surface area contributed by atoms with E-state index in [0.29, 0.717) is 25.9 Å². The van der Waals surface area contributed by atoms with Gasteiger partial charge in [0, 0.05) is 26.4 Å². The highest BCUT2D eigenvalue weighted by Crippen LogP contribution is 2.38. The number of piperidine rings is 1. The van der Waals surface area contributed by atoms with Gasteiger partial charge in [-0.05, 0) is 47.1 Å². The lowest BCUT2D eigenvalue weighted by Crippen LogP contribution is -2.40. The minimum atomic E-state index is -0.370. The third-order valence-electron chi connectivity index (χ3n) is 6.31. The second-order valence-electron chi connectivity index (χ2n) is 8.49. The summed E-state index contributed by atoms with van der Waals surface area (Å²) in [5, 5.41) is 12.1. The summed E-state index contributed by atoms with van der Waals surface area (Å²) < 4.78 is 0. The topological polar surface area (TPSA) is 69.6 Å². The van der Waals surface area contributed by atoms with E-state index < -0.39 is 0 Å². The Labute approximate surface area is 202 Å². The predicted octanol–water partition coefficient (Wildman–Crippen LogP) is 3.98. The third-order valence-corrected chi connectivity index (χ3v) is 6.31. The molecule has 1 saturated heterocycles. The molecule has 1 atom stereocenters. The number of amides is 2. The lowest BCUT2D eigenvalue weighted by molar-refractivity contribution is -0.132. The Morgan fingerprint density at radius 3 is 2.03 bits per heavy atom. The molecule has 0 aromatic heterocycles. The van der Waals surface area contributed by atoms with E-state index in [1.807, 2.05) is 4.90 Å². The van der Waals surface area contributed by atoms with E-state index in [9.17, 15) is 14.7 Å². The van der Waals surface area contributed by atoms with Crippen LogP contribution in [0.25, 0.3) is 17.7 Å². The minimum Gasteiger partial charge on any atom is -0.394 e. The number of aliphatic hydroxyl groups is 1. The van der Waals surface area contributed by atoms with Crippen molar-refractivity contribution in [2.75, 3.05) is 19.7 Å². The Balaban J connectivity index is 0.00000306. The van der Waals surface area contributed by atoms with E-state index in [1.165, 1.54) is 40.3 Å². The Hall–Kier alpha value is -2.83. The molecule has 0 bridgehead atoms. The molecule has 1 heterocycles. The highest BCUT2D eigenvalue weighted by Gasteiger charge is 2.25. The molecule has 0 spiro atoms. The predicted molar refractivity (Wildman–Crippen MR) is 138 cm³/mol. The molecule has 2 aromatic carbocycles. The normalized spacial score (nSPS) is 15.6. The summed E-state index contributed by atoms with van der Waals surface area (Å²) in [6, 6.07) is 16.7. The Morgan fingerprint density at radius 2 is 1.52 bits per heavy atom. The van der Waals surface area contributed by atoms with Crippen molar-refractivity contribution in [1.29, 1.82) is 0 Å². The largest absolute Gasteiger partial charge is 0.394 e. The number of hydrogen-bond donors (Lipinski definition) is 2. The average molecular weight is 465 g/mol. The lowest BCUT2D eigenvalue weighted by Gasteiger charge is -2.31. The van der Waals surface area contributed by atoms with Crippen molar-refractivity contribution in [2.24, 2.45) is 0 Å². The van der Waals surface area contributed by atoms with Gasteiger partial charge in [0.15, 0.2) is 0 Å². The van der Waals surface area contributed by atoms with Crippen LogP contribution >= 0.6 is 13.5 Å². The molecular formula is C27H32N2O3S. The van der Waals surface area contributed by atoms with Gasteiger partial charge < -0.3 is 15.3 Å². The van der Waals surface area contributed by atoms with Crippen molar-refractivity contribution in [3.05, 3.63) is 76.4 Å². The first kappa shape index (κ1) is 24.8. The van der Waals surface area contributed by atoms with Gasteiger partial charge in [0.1, 0.15) is 0 Å². The molecule has 2 amide bonds. The lowest BCUT2D eigenvalue weighted by atomic mass is 9.86. The van der Waals surface area contributed by atoms with Gasteiger partial charge in [-0.25, -0.2) is 0 Å². The van der Waals surface area contributed by atoms with E-state index in [4.69, 9.17) is 0 Å². The zero-order valence-corrected chi connectivity index (χ0v) is 20.0. The van der Waals surface area contributed by atoms with Gasteiger partial charge in [-0.3, -0.25) is 9.59 Å². The summed E-state index contributed by atoms with van der Waals surface area (Å²) in [7, 11) is 0. The molecule has 33 heavy (non-hydrogen) atoms. The highest BCUT2D eigenvalue weighted by atomic mass is 32.1. The van der Waals surface area contributed by atoms with Crippen LogP contribution in [-0.4, -0.2) is 47.6 Å². The quantitative estimate of drug-likeness (QED) is 0.600. The van der Waals surface area contributed by atoms with E-state index in [-0.39, 0.29) is 38.0 Å². The molecule has 6 heteroatoms. The van der Waals surface area contributed by atoms with Gasteiger partial charge in [-0.15, -0.1) is 0 Å². The number of hydrogen-bond acceptors (Lipinski definition) is 3. The number of benzene rings is 2. The van der Waals surface area contributed by atoms with Crippen LogP contribution in [0.2, 0.25) is 0 Å². The Kier molecular flexibility index (Phi) is 8.53. The fraction of sp³-hybridized carbons (Fsp3) is 0.333. The van der Waals surface area contributed by atoms with Crippen LogP contribution in [-0.2, 0) is 9.59 Å². The second kappa shape index (κ2) is 11.3. The summed E-state index contributed by atoms with van der Waals surface area (Å²) in [6.45, 7) is 2.65. The third kappa shape index (κ3) is 5.75. The SMILES string of the molecule is CC(=O)N[C@H](CO)CCC(=O)N1CCC(=C2c3ccccc3C=Cc3ccccc32)CC1.S. The second-order valence-corrected chi connectivity index (χ2v) is 8.49. The van der Waals surface area contributed by atoms with Crippen molar-refractivity contribution >= 4 is 43.0 Å². The van der Waals surface area contributed by atoms with E-state index >= 15 is 0 Å². The van der Waals surface area contributed by atoms with Crippen LogP contribution in [0, 0.1) is 0 Å². The molecule has 2 N–H and O–H groups in total. The van der Waals surface area contributed by atoms with Crippen LogP contribution in [0.4, 0.5) is 0 Å². The van der Waals surface area contributed by atoms with Crippen LogP contribution < -0.4 is 5.32 Å². The maximum Gasteiger partial charge on any atom is 0.222 e. The van der Waals surface area contributed by atoms with E-state index in [1.54, 1.807) is 0 Å². The first-order valence-electron chi connectivity index (χ1n) is 11.3. The van der Waals surface area contributed by atoms with Crippen molar-refractivity contribution in [2.45, 2.75) is 38.6 Å². The number of fused-ring (bicyclic) bond motifs is 2. The molecule has 0 unspecified atom stereocenters. The van der Waals surface area contributed by atoms with Gasteiger partial charge in [0.25, 0.3) is 0 Å². The monoisotopic (exact) mass is 464 g/mol. The number of carbonyl (C=O) groups excluding carboxylic acids is 2. The number of likely N-dealkylation sites (tertiary alicyclic amines) is 1. The molecule has 174 valence electrons. The van der Waals surface area contributed by atoms with Crippen molar-refractivity contribution in [3.8, 4) is 0 Å². The smallest absolute Gasteiger partial charge is 0.222 e. The summed E-state index contributed by atoms with van der Waals surface area (Å²) in [5.74, 6) is -0.106. The first-order chi connectivity index (χ1) is 15.6. The van der Waals surface area contributed by atoms with Crippen LogP contribution in [0.1, 0.15) is 54.9 Å². The van der Waals surface area contributed by atoms with Crippen molar-refractivity contribution in [1.82, 2.24) is 10.2 Å². The standard InChI is InChI=1S/C27H30N2O3.H2S/c1-19(31)28-23(18-30)12-13-26(32)29-16-14-22(15-17-29)27-24-8-4-2-6-20(24)10-11-21-7-3-5-9-25(21)27;/h2-11,23,30H,12-18H2,1H3,(H,28,31);1H2/t23-;/m0./s1. The molecule has 5 nitrogen and oxygen atoms in total. The number of carbonyl (C=O) groups is 2. The van der Waals surface area contributed by atoms with Gasteiger partial charge in [-0.2, -0.15) is 13.5 Å². The number of nitrogens with zero attached hydrogens (tertiary/aromatic N) is 1. The molecule has 1 fully saturated rings. The molecule has 4 rings (SSSR count). The number of rotatable bonds is 5. The minimum absolute atomic E-state index is 0. The zero-order chi connectivity index (χ0) is 22.5. The summed E-state index contributed by atoms with van der Waals surface area (Å²) in [5.41, 5.74) is 7.65. The van der Waals surface area contributed by atoms with Crippen LogP contribution in [0.5, 0.6) is 0 Å². The summed E-state index contributed by atoms with van der Waals surface area (Å²) in [4.78, 5) is 25.9. The Bertz CT molecular complexity index is 1020. The van der Waals surface area contributed by atoms with Crippen LogP contribution in [0.15, 0.2) is 54.1 Å². The first-order valence-corrected chi connectivity index (χ1v) is 11.3. The fourth-order valence-corrected chi connectivity index (χ4v) is 4.67. The highest BCUT2D eigenvalue weighted by molar-refractivity contribution is 7.59. The Morgan fingerprint density at radius 1 is 0.970 bits per heavy atom. The molecule has 0 saturated carbocycles. The molecule has 0 radical (unpaired) electrons. The van der Waals surface area contributed by atoms with Gasteiger partial charge in [0.2, 0.25) is 11.8 Å². The molecule has 1 aliphatic carbocycles. The molecule has 1 aliphatic heterocycles.